The predicted octanol–water partition coefficient (Wildman–Crippen LogP) is 3.47. The Kier molecular flexibility index (Phi) is 3.58. The van der Waals surface area contributed by atoms with Crippen molar-refractivity contribution >= 4 is 34.1 Å². The van der Waals surface area contributed by atoms with Crippen molar-refractivity contribution in [2.75, 3.05) is 13.7 Å². The third kappa shape index (κ3) is 2.12. The van der Waals surface area contributed by atoms with E-state index in [1.807, 2.05) is 10.6 Å². The molecule has 0 aliphatic rings. The van der Waals surface area contributed by atoms with E-state index in [1.54, 1.807) is 19.2 Å². The summed E-state index contributed by atoms with van der Waals surface area (Å²) in [4.78, 5) is 0. The van der Waals surface area contributed by atoms with Crippen molar-refractivity contribution in [1.82, 2.24) is 4.57 Å². The van der Waals surface area contributed by atoms with E-state index in [4.69, 9.17) is 33.2 Å². The summed E-state index contributed by atoms with van der Waals surface area (Å²) < 4.78 is 6.87. The molecule has 1 aromatic carbocycles. The number of fused-ring (bicyclic) bond motifs is 1. The van der Waals surface area contributed by atoms with Crippen LogP contribution in [0.25, 0.3) is 10.9 Å². The average molecular weight is 269 g/mol. The molecule has 3 nitrogen and oxygen atoms in total. The van der Waals surface area contributed by atoms with E-state index in [9.17, 15) is 0 Å². The van der Waals surface area contributed by atoms with Crippen LogP contribution in [0, 0.1) is 11.3 Å². The number of hydrogen-bond donors (Lipinski definition) is 0. The fourth-order valence-corrected chi connectivity index (χ4v) is 2.28. The van der Waals surface area contributed by atoms with Crippen LogP contribution in [-0.2, 0) is 11.3 Å². The second-order valence-electron chi connectivity index (χ2n) is 3.58. The lowest BCUT2D eigenvalue weighted by Gasteiger charge is -2.05. The molecule has 5 heteroatoms. The number of aromatic nitrogens is 1. The second kappa shape index (κ2) is 4.97. The third-order valence-corrected chi connectivity index (χ3v) is 3.22. The summed E-state index contributed by atoms with van der Waals surface area (Å²) in [7, 11) is 1.62. The van der Waals surface area contributed by atoms with Crippen LogP contribution in [0.3, 0.4) is 0 Å². The van der Waals surface area contributed by atoms with E-state index in [-0.39, 0.29) is 0 Å². The van der Waals surface area contributed by atoms with Crippen LogP contribution in [-0.4, -0.2) is 18.3 Å². The van der Waals surface area contributed by atoms with Gasteiger partial charge >= 0.3 is 0 Å². The van der Waals surface area contributed by atoms with Gasteiger partial charge in [0.2, 0.25) is 0 Å². The Bertz CT molecular complexity index is 599. The fraction of sp³-hybridized carbons (Fsp3) is 0.250. The van der Waals surface area contributed by atoms with Crippen LogP contribution in [0.15, 0.2) is 18.2 Å². The maximum absolute atomic E-state index is 9.11. The van der Waals surface area contributed by atoms with Gasteiger partial charge in [0.15, 0.2) is 0 Å². The van der Waals surface area contributed by atoms with Gasteiger partial charge in [-0.25, -0.2) is 0 Å². The van der Waals surface area contributed by atoms with Gasteiger partial charge in [0.05, 0.1) is 17.7 Å². The first-order chi connectivity index (χ1) is 8.19. The zero-order chi connectivity index (χ0) is 12.4. The number of nitrogens with zero attached hydrogens (tertiary/aromatic N) is 2. The Balaban J connectivity index is 2.68. The van der Waals surface area contributed by atoms with Gasteiger partial charge in [-0.15, -0.1) is 0 Å². The van der Waals surface area contributed by atoms with E-state index in [1.165, 1.54) is 0 Å². The number of halogens is 2. The lowest BCUT2D eigenvalue weighted by Crippen LogP contribution is -2.03. The zero-order valence-corrected chi connectivity index (χ0v) is 10.7. The molecule has 0 amide bonds. The Morgan fingerprint density at radius 2 is 2.18 bits per heavy atom. The highest BCUT2D eigenvalue weighted by Crippen LogP contribution is 2.31. The fourth-order valence-electron chi connectivity index (χ4n) is 1.80. The molecule has 1 aromatic heterocycles. The number of rotatable bonds is 3. The number of ether oxygens (including phenoxy) is 1. The van der Waals surface area contributed by atoms with Crippen molar-refractivity contribution in [1.29, 1.82) is 5.26 Å². The highest BCUT2D eigenvalue weighted by Gasteiger charge is 2.15. The standard InChI is InChI=1S/C12H10Cl2N2O/c1-17-5-4-16-11-6-8(13)2-3-9(11)10(7-15)12(16)14/h2-3,6H,4-5H2,1H3. The third-order valence-electron chi connectivity index (χ3n) is 2.59. The molecule has 88 valence electrons. The molecule has 2 aromatic rings. The molecule has 0 atom stereocenters. The summed E-state index contributed by atoms with van der Waals surface area (Å²) in [6.07, 6.45) is 0. The molecule has 0 radical (unpaired) electrons. The molecule has 0 unspecified atom stereocenters. The van der Waals surface area contributed by atoms with Gasteiger partial charge in [-0.1, -0.05) is 23.2 Å². The van der Waals surface area contributed by atoms with E-state index < -0.39 is 0 Å². The van der Waals surface area contributed by atoms with Crippen LogP contribution in [0.1, 0.15) is 5.56 Å². The van der Waals surface area contributed by atoms with Crippen molar-refractivity contribution in [2.24, 2.45) is 0 Å². The Morgan fingerprint density at radius 1 is 1.41 bits per heavy atom. The summed E-state index contributed by atoms with van der Waals surface area (Å²) in [6, 6.07) is 7.49. The summed E-state index contributed by atoms with van der Waals surface area (Å²) in [5.74, 6) is 0. The normalized spacial score (nSPS) is 10.7. The van der Waals surface area contributed by atoms with E-state index in [2.05, 4.69) is 6.07 Å². The molecule has 0 fully saturated rings. The topological polar surface area (TPSA) is 38.0 Å². The molecule has 0 bridgehead atoms. The van der Waals surface area contributed by atoms with Gasteiger partial charge in [-0.3, -0.25) is 0 Å². The SMILES string of the molecule is COCCn1c(Cl)c(C#N)c2ccc(Cl)cc21. The van der Waals surface area contributed by atoms with Gasteiger partial charge in [-0.05, 0) is 18.2 Å². The van der Waals surface area contributed by atoms with Crippen molar-refractivity contribution in [3.63, 3.8) is 0 Å². The van der Waals surface area contributed by atoms with Crippen molar-refractivity contribution in [3.05, 3.63) is 33.9 Å². The van der Waals surface area contributed by atoms with E-state index >= 15 is 0 Å². The van der Waals surface area contributed by atoms with Gasteiger partial charge in [0.1, 0.15) is 11.2 Å². The molecule has 2 rings (SSSR count). The maximum atomic E-state index is 9.11. The molecule has 0 aliphatic heterocycles. The molecule has 0 saturated heterocycles. The van der Waals surface area contributed by atoms with Gasteiger partial charge in [0, 0.05) is 24.1 Å². The average Bonchev–Trinajstić information content (AvgIpc) is 2.58. The quantitative estimate of drug-likeness (QED) is 0.855. The van der Waals surface area contributed by atoms with Crippen LogP contribution in [0.4, 0.5) is 0 Å². The van der Waals surface area contributed by atoms with Crippen molar-refractivity contribution in [2.45, 2.75) is 6.54 Å². The summed E-state index contributed by atoms with van der Waals surface area (Å²) >= 11 is 12.1. The molecule has 1 heterocycles. The lowest BCUT2D eigenvalue weighted by atomic mass is 10.2. The van der Waals surface area contributed by atoms with Crippen LogP contribution < -0.4 is 0 Å². The summed E-state index contributed by atoms with van der Waals surface area (Å²) in [5.41, 5.74) is 1.34. The molecular formula is C12H10Cl2N2O. The first-order valence-electron chi connectivity index (χ1n) is 5.05. The molecule has 0 saturated carbocycles. The highest BCUT2D eigenvalue weighted by molar-refractivity contribution is 6.33. The minimum absolute atomic E-state index is 0.432. The number of benzene rings is 1. The van der Waals surface area contributed by atoms with Crippen LogP contribution >= 0.6 is 23.2 Å². The van der Waals surface area contributed by atoms with E-state index in [0.717, 1.165) is 10.9 Å². The predicted molar refractivity (Wildman–Crippen MR) is 68.5 cm³/mol. The smallest absolute Gasteiger partial charge is 0.128 e. The first kappa shape index (κ1) is 12.3. The van der Waals surface area contributed by atoms with Crippen LogP contribution in [0.2, 0.25) is 10.2 Å². The Labute approximate surface area is 109 Å². The number of methoxy groups -OCH3 is 1. The maximum Gasteiger partial charge on any atom is 0.128 e. The van der Waals surface area contributed by atoms with Crippen LogP contribution in [0.5, 0.6) is 0 Å². The Hall–Kier alpha value is -1.21. The summed E-state index contributed by atoms with van der Waals surface area (Å²) in [6.45, 7) is 1.12. The largest absolute Gasteiger partial charge is 0.383 e. The molecule has 0 spiro atoms. The van der Waals surface area contributed by atoms with Gasteiger partial charge in [0.25, 0.3) is 0 Å². The highest BCUT2D eigenvalue weighted by atomic mass is 35.5. The molecular weight excluding hydrogens is 259 g/mol. The zero-order valence-electron chi connectivity index (χ0n) is 9.20. The van der Waals surface area contributed by atoms with Crippen molar-refractivity contribution in [3.8, 4) is 6.07 Å². The molecule has 0 aliphatic carbocycles. The Morgan fingerprint density at radius 3 is 2.82 bits per heavy atom. The van der Waals surface area contributed by atoms with Gasteiger partial charge < -0.3 is 9.30 Å². The monoisotopic (exact) mass is 268 g/mol. The van der Waals surface area contributed by atoms with E-state index in [0.29, 0.717) is 28.9 Å². The lowest BCUT2D eigenvalue weighted by molar-refractivity contribution is 0.188. The van der Waals surface area contributed by atoms with Gasteiger partial charge in [-0.2, -0.15) is 5.26 Å². The number of nitriles is 1. The first-order valence-corrected chi connectivity index (χ1v) is 5.81. The van der Waals surface area contributed by atoms with Crippen molar-refractivity contribution < 1.29 is 4.74 Å². The minimum Gasteiger partial charge on any atom is -0.383 e. The number of hydrogen-bond acceptors (Lipinski definition) is 2. The summed E-state index contributed by atoms with van der Waals surface area (Å²) in [5, 5.41) is 11.0. The molecule has 0 N–H and O–H groups in total. The molecule has 17 heavy (non-hydrogen) atoms. The second-order valence-corrected chi connectivity index (χ2v) is 4.38. The minimum atomic E-state index is 0.432.